The van der Waals surface area contributed by atoms with E-state index in [1.165, 1.54) is 0 Å². The maximum absolute atomic E-state index is 10.7. The first-order valence-electron chi connectivity index (χ1n) is 8.42. The van der Waals surface area contributed by atoms with Gasteiger partial charge in [-0.25, -0.2) is 4.79 Å². The molecule has 2 aliphatic heterocycles. The minimum atomic E-state index is -1.73. The molecule has 2 saturated heterocycles. The number of thiol groups is 1. The van der Waals surface area contributed by atoms with Gasteiger partial charge >= 0.3 is 5.97 Å². The molecule has 0 bridgehead atoms. The molecule has 2 rings (SSSR count). The Morgan fingerprint density at radius 2 is 1.23 bits per heavy atom. The molecule has 0 aromatic carbocycles. The minimum Gasteiger partial charge on any atom is -0.455 e. The molecule has 0 amide bonds. The Morgan fingerprint density at radius 1 is 0.833 bits per heavy atom. The topological polar surface area (TPSA) is 218 Å². The first-order chi connectivity index (χ1) is 13.9. The predicted molar refractivity (Wildman–Crippen MR) is 112 cm³/mol. The molecule has 30 heavy (non-hydrogen) atoms. The van der Waals surface area contributed by atoms with Crippen LogP contribution in [-0.4, -0.2) is 139 Å². The molecule has 0 aromatic heterocycles. The third-order valence-electron chi connectivity index (χ3n) is 3.61. The van der Waals surface area contributed by atoms with Crippen LogP contribution in [0.15, 0.2) is 0 Å². The van der Waals surface area contributed by atoms with Gasteiger partial charge < -0.3 is 55.4 Å². The molecule has 0 saturated carbocycles. The van der Waals surface area contributed by atoms with E-state index in [4.69, 9.17) is 46.0 Å². The van der Waals surface area contributed by atoms with Crippen LogP contribution >= 0.6 is 12.6 Å². The number of ether oxygens (including phenoxy) is 2. The molecule has 2 aliphatic rings. The predicted octanol–water partition coefficient (Wildman–Crippen LogP) is -5.36. The van der Waals surface area contributed by atoms with Crippen LogP contribution in [0.25, 0.3) is 0 Å². The van der Waals surface area contributed by atoms with E-state index in [1.54, 1.807) is 6.26 Å². The summed E-state index contributed by atoms with van der Waals surface area (Å²) in [5, 5.41) is 80.2. The quantitative estimate of drug-likeness (QED) is 0.127. The molecule has 0 radical (unpaired) electrons. The Balaban J connectivity index is 0. The Morgan fingerprint density at radius 3 is 1.63 bits per heavy atom. The van der Waals surface area contributed by atoms with Crippen molar-refractivity contribution in [2.45, 2.75) is 55.1 Å². The number of esters is 1. The lowest BCUT2D eigenvalue weighted by atomic mass is 10.00. The van der Waals surface area contributed by atoms with Crippen molar-refractivity contribution < 1.29 is 60.2 Å². The highest BCUT2D eigenvalue weighted by molar-refractivity contribution is 8.28. The van der Waals surface area contributed by atoms with Crippen LogP contribution in [-0.2, 0) is 34.9 Å². The average Bonchev–Trinajstić information content (AvgIpc) is 2.71. The number of carbonyl (C=O) groups is 1. The summed E-state index contributed by atoms with van der Waals surface area (Å²) in [5.41, 5.74) is 0. The van der Waals surface area contributed by atoms with Crippen LogP contribution in [0.5, 0.6) is 0 Å². The van der Waals surface area contributed by atoms with Crippen LogP contribution in [0.1, 0.15) is 0 Å². The highest BCUT2D eigenvalue weighted by Crippen LogP contribution is 2.19. The zero-order valence-electron chi connectivity index (χ0n) is 16.6. The molecule has 12 nitrogen and oxygen atoms in total. The summed E-state index contributed by atoms with van der Waals surface area (Å²) in [4.78, 5) is 10.7. The largest absolute Gasteiger partial charge is 0.455 e. The van der Waals surface area contributed by atoms with E-state index in [0.717, 1.165) is 0 Å². The fourth-order valence-electron chi connectivity index (χ4n) is 2.06. The number of carbonyl (C=O) groups excluding carboxylic acids is 1. The molecular weight excluding hydrogens is 468 g/mol. The van der Waals surface area contributed by atoms with Crippen LogP contribution in [0.4, 0.5) is 0 Å². The Hall–Kier alpha value is -0.0100. The van der Waals surface area contributed by atoms with E-state index in [0.29, 0.717) is 0 Å². The molecule has 4 unspecified atom stereocenters. The summed E-state index contributed by atoms with van der Waals surface area (Å²) in [7, 11) is 0.222. The maximum atomic E-state index is 10.7. The van der Waals surface area contributed by atoms with Gasteiger partial charge in [-0.05, 0) is 18.8 Å². The van der Waals surface area contributed by atoms with Gasteiger partial charge in [0.25, 0.3) is 0 Å². The fraction of sp³-hybridized carbons (Fsp3) is 0.933. The zero-order chi connectivity index (χ0) is 24.2. The second-order valence-electron chi connectivity index (χ2n) is 6.04. The van der Waals surface area contributed by atoms with Gasteiger partial charge in [-0.15, -0.1) is 9.45 Å². The molecule has 182 valence electrons. The summed E-state index contributed by atoms with van der Waals surface area (Å²) >= 11 is 8.18. The molecule has 9 atom stereocenters. The van der Waals surface area contributed by atoms with Gasteiger partial charge in [-0.2, -0.15) is 12.6 Å². The second kappa shape index (κ2) is 16.6. The van der Waals surface area contributed by atoms with Gasteiger partial charge in [0.2, 0.25) is 0 Å². The Kier molecular flexibility index (Phi) is 17.8. The smallest absolute Gasteiger partial charge is 0.338 e. The van der Waals surface area contributed by atoms with Gasteiger partial charge in [-0.3, -0.25) is 0 Å². The van der Waals surface area contributed by atoms with Gasteiger partial charge in [0.15, 0.2) is 18.5 Å². The van der Waals surface area contributed by atoms with Gasteiger partial charge in [0.05, 0.1) is 13.2 Å². The summed E-state index contributed by atoms with van der Waals surface area (Å²) in [6.07, 6.45) is -7.25. The van der Waals surface area contributed by atoms with Crippen LogP contribution in [0.2, 0.25) is 0 Å². The van der Waals surface area contributed by atoms with E-state index in [2.05, 4.69) is 33.3 Å². The third-order valence-corrected chi connectivity index (χ3v) is 3.61. The molecule has 9 N–H and O–H groups in total. The third kappa shape index (κ3) is 10.5. The lowest BCUT2D eigenvalue weighted by molar-refractivity contribution is -0.286. The number of aliphatic hydroxyl groups excluding tert-OH is 9. The number of hydrogen-bond donors (Lipinski definition) is 10. The number of rotatable bonds is 2. The maximum Gasteiger partial charge on any atom is 0.338 e. The fourth-order valence-corrected chi connectivity index (χ4v) is 2.06. The number of aliphatic hydroxyl groups is 9. The van der Waals surface area contributed by atoms with Crippen molar-refractivity contribution in [1.82, 2.24) is 0 Å². The molecule has 2 heterocycles. The first-order valence-corrected chi connectivity index (χ1v) is 12.3. The van der Waals surface area contributed by atoms with Gasteiger partial charge in [0.1, 0.15) is 36.6 Å². The standard InChI is InChI=1S/C6H12O6.C6H10O6.C2H6S2.CH4S/c2*7-1-2-3(8)4(9)5(10)6(11)12-2;1-4(2)3;1-2/h2-11H,1H2;2-5,7-10H,1H2;1-2H3;2H,1H3/t2?,3-,4+,5?,6-;2?,3-,4+,5?;;/m00../s1. The minimum absolute atomic E-state index is 0.222. The van der Waals surface area contributed by atoms with Crippen LogP contribution < -0.4 is 0 Å². The Bertz CT molecular complexity index is 489. The highest BCUT2D eigenvalue weighted by Gasteiger charge is 2.43. The van der Waals surface area contributed by atoms with Gasteiger partial charge in [0, 0.05) is 0 Å². The van der Waals surface area contributed by atoms with E-state index in [-0.39, 0.29) is 9.45 Å². The number of hydrogen-bond acceptors (Lipinski definition) is 14. The SMILES string of the molecule is CS.CS(C)=S.O=C1OC(CO)[C@H](O)[C@@H](O)C1O.OCC1O[C@H](O)C(O)[C@H](O)[C@H]1O. The lowest BCUT2D eigenvalue weighted by Crippen LogP contribution is -2.58. The normalized spacial score (nSPS) is 38.1. The van der Waals surface area contributed by atoms with E-state index in [1.807, 2.05) is 12.5 Å². The molecule has 0 aromatic rings. The van der Waals surface area contributed by atoms with Crippen LogP contribution in [0, 0.1) is 0 Å². The van der Waals surface area contributed by atoms with Crippen molar-refractivity contribution >= 4 is 39.2 Å². The molecule has 0 spiro atoms. The van der Waals surface area contributed by atoms with Crippen molar-refractivity contribution in [3.63, 3.8) is 0 Å². The molecule has 15 heteroatoms. The van der Waals surface area contributed by atoms with Crippen molar-refractivity contribution in [3.05, 3.63) is 0 Å². The first kappa shape index (κ1) is 32.2. The number of cyclic esters (lactones) is 1. The summed E-state index contributed by atoms with van der Waals surface area (Å²) in [5.74, 6) is -1.04. The zero-order valence-corrected chi connectivity index (χ0v) is 19.2. The summed E-state index contributed by atoms with van der Waals surface area (Å²) in [6, 6.07) is 0. The summed E-state index contributed by atoms with van der Waals surface area (Å²) in [6.45, 7) is -1.11. The lowest BCUT2D eigenvalue weighted by Gasteiger charge is -2.37. The van der Waals surface area contributed by atoms with Crippen molar-refractivity contribution in [2.75, 3.05) is 32.0 Å². The van der Waals surface area contributed by atoms with Crippen molar-refractivity contribution in [2.24, 2.45) is 0 Å². The monoisotopic (exact) mass is 500 g/mol. The molecule has 0 aliphatic carbocycles. The van der Waals surface area contributed by atoms with E-state index < -0.39 is 74.3 Å². The molecule has 2 fully saturated rings. The van der Waals surface area contributed by atoms with Gasteiger partial charge in [-0.1, -0.05) is 11.2 Å². The van der Waals surface area contributed by atoms with E-state index in [9.17, 15) is 4.79 Å². The second-order valence-corrected chi connectivity index (χ2v) is 9.53. The van der Waals surface area contributed by atoms with Crippen molar-refractivity contribution in [3.8, 4) is 0 Å². The van der Waals surface area contributed by atoms with E-state index >= 15 is 0 Å². The van der Waals surface area contributed by atoms with Crippen LogP contribution in [0.3, 0.4) is 0 Å². The highest BCUT2D eigenvalue weighted by atomic mass is 32.8. The average molecular weight is 501 g/mol. The molecular formula is C15H32O12S3. The Labute approximate surface area is 186 Å². The summed E-state index contributed by atoms with van der Waals surface area (Å²) < 4.78 is 8.96. The van der Waals surface area contributed by atoms with Crippen molar-refractivity contribution in [1.29, 1.82) is 0 Å².